The predicted octanol–water partition coefficient (Wildman–Crippen LogP) is 3.54. The summed E-state index contributed by atoms with van der Waals surface area (Å²) in [6.45, 7) is 3.68. The minimum absolute atomic E-state index is 0.0766. The molecule has 2 aromatic carbocycles. The Morgan fingerprint density at radius 2 is 1.73 bits per heavy atom. The van der Waals surface area contributed by atoms with Crippen molar-refractivity contribution < 1.29 is 19.1 Å². The second kappa shape index (κ2) is 8.89. The molecule has 2 rings (SSSR count). The lowest BCUT2D eigenvalue weighted by Crippen LogP contribution is -2.16. The van der Waals surface area contributed by atoms with E-state index in [9.17, 15) is 9.59 Å². The number of benzene rings is 2. The number of hydrogen-bond acceptors (Lipinski definition) is 4. The van der Waals surface area contributed by atoms with Crippen LogP contribution in [0.15, 0.2) is 36.4 Å². The maximum Gasteiger partial charge on any atom is 0.228 e. The molecule has 0 spiro atoms. The number of amides is 2. The normalized spacial score (nSPS) is 10.2. The van der Waals surface area contributed by atoms with Crippen molar-refractivity contribution in [3.63, 3.8) is 0 Å². The Labute approximate surface area is 153 Å². The van der Waals surface area contributed by atoms with Crippen LogP contribution in [0.25, 0.3) is 0 Å². The predicted molar refractivity (Wildman–Crippen MR) is 102 cm³/mol. The molecule has 0 aliphatic carbocycles. The van der Waals surface area contributed by atoms with Gasteiger partial charge in [-0.05, 0) is 42.8 Å². The molecule has 26 heavy (non-hydrogen) atoms. The van der Waals surface area contributed by atoms with Crippen molar-refractivity contribution in [3.8, 4) is 11.5 Å². The highest BCUT2D eigenvalue weighted by molar-refractivity contribution is 5.95. The number of methoxy groups -OCH3 is 2. The smallest absolute Gasteiger partial charge is 0.228 e. The topological polar surface area (TPSA) is 76.7 Å². The zero-order valence-corrected chi connectivity index (χ0v) is 15.5. The van der Waals surface area contributed by atoms with Crippen LogP contribution in [-0.4, -0.2) is 26.0 Å². The van der Waals surface area contributed by atoms with Gasteiger partial charge < -0.3 is 20.1 Å². The van der Waals surface area contributed by atoms with E-state index in [4.69, 9.17) is 9.47 Å². The molecule has 0 fully saturated rings. The molecule has 0 bridgehead atoms. The molecule has 0 radical (unpaired) electrons. The zero-order valence-electron chi connectivity index (χ0n) is 15.5. The van der Waals surface area contributed by atoms with Crippen LogP contribution in [0.4, 0.5) is 11.4 Å². The molecule has 6 heteroatoms. The molecule has 2 amide bonds. The van der Waals surface area contributed by atoms with Gasteiger partial charge in [0.1, 0.15) is 11.5 Å². The second-order valence-electron chi connectivity index (χ2n) is 5.83. The fraction of sp³-hybridized carbons (Fsp3) is 0.300. The molecular formula is C20H24N2O4. The number of carbonyl (C=O) groups excluding carboxylic acids is 2. The molecule has 0 atom stereocenters. The Morgan fingerprint density at radius 1 is 0.962 bits per heavy atom. The van der Waals surface area contributed by atoms with Gasteiger partial charge in [-0.25, -0.2) is 0 Å². The Bertz CT molecular complexity index is 802. The Balaban J connectivity index is 2.15. The molecule has 0 saturated carbocycles. The Hall–Kier alpha value is -3.02. The number of rotatable bonds is 7. The SMILES string of the molecule is CCC(=O)Nc1ccc(C)c(NC(=O)Cc2cc(OC)ccc2OC)c1. The third-order valence-electron chi connectivity index (χ3n) is 3.96. The Morgan fingerprint density at radius 3 is 2.38 bits per heavy atom. The van der Waals surface area contributed by atoms with Crippen LogP contribution in [0.1, 0.15) is 24.5 Å². The average molecular weight is 356 g/mol. The zero-order chi connectivity index (χ0) is 19.1. The highest BCUT2D eigenvalue weighted by Crippen LogP contribution is 2.25. The number of carbonyl (C=O) groups is 2. The third-order valence-corrected chi connectivity index (χ3v) is 3.96. The van der Waals surface area contributed by atoms with Gasteiger partial charge in [0.25, 0.3) is 0 Å². The first kappa shape index (κ1) is 19.3. The fourth-order valence-electron chi connectivity index (χ4n) is 2.47. The van der Waals surface area contributed by atoms with Crippen molar-refractivity contribution in [2.24, 2.45) is 0 Å². The third kappa shape index (κ3) is 4.99. The van der Waals surface area contributed by atoms with Gasteiger partial charge >= 0.3 is 0 Å². The summed E-state index contributed by atoms with van der Waals surface area (Å²) in [6, 6.07) is 10.8. The van der Waals surface area contributed by atoms with E-state index in [1.807, 2.05) is 19.1 Å². The van der Waals surface area contributed by atoms with Crippen LogP contribution in [0, 0.1) is 6.92 Å². The highest BCUT2D eigenvalue weighted by Gasteiger charge is 2.12. The van der Waals surface area contributed by atoms with Crippen molar-refractivity contribution in [2.45, 2.75) is 26.7 Å². The molecule has 0 unspecified atom stereocenters. The van der Waals surface area contributed by atoms with Gasteiger partial charge in [0.05, 0.1) is 20.6 Å². The van der Waals surface area contributed by atoms with Crippen LogP contribution in [0.3, 0.4) is 0 Å². The lowest BCUT2D eigenvalue weighted by Gasteiger charge is -2.13. The van der Waals surface area contributed by atoms with E-state index in [1.54, 1.807) is 45.4 Å². The summed E-state index contributed by atoms with van der Waals surface area (Å²) in [5.41, 5.74) is 2.95. The molecule has 0 heterocycles. The van der Waals surface area contributed by atoms with Crippen LogP contribution in [-0.2, 0) is 16.0 Å². The minimum Gasteiger partial charge on any atom is -0.497 e. The molecule has 0 aliphatic heterocycles. The molecule has 6 nitrogen and oxygen atoms in total. The number of anilines is 2. The maximum absolute atomic E-state index is 12.5. The van der Waals surface area contributed by atoms with Gasteiger partial charge in [0.2, 0.25) is 11.8 Å². The van der Waals surface area contributed by atoms with Crippen LogP contribution in [0.2, 0.25) is 0 Å². The molecule has 0 aromatic heterocycles. The highest BCUT2D eigenvalue weighted by atomic mass is 16.5. The lowest BCUT2D eigenvalue weighted by molar-refractivity contribution is -0.116. The Kier molecular flexibility index (Phi) is 6.60. The van der Waals surface area contributed by atoms with Gasteiger partial charge in [-0.2, -0.15) is 0 Å². The van der Waals surface area contributed by atoms with E-state index in [1.165, 1.54) is 0 Å². The standard InChI is InChI=1S/C20H24N2O4/c1-5-19(23)21-15-7-6-13(2)17(12-15)22-20(24)11-14-10-16(25-3)8-9-18(14)26-4/h6-10,12H,5,11H2,1-4H3,(H,21,23)(H,22,24). The molecular weight excluding hydrogens is 332 g/mol. The summed E-state index contributed by atoms with van der Waals surface area (Å²) in [5.74, 6) is 1.03. The van der Waals surface area contributed by atoms with E-state index in [2.05, 4.69) is 10.6 Å². The summed E-state index contributed by atoms with van der Waals surface area (Å²) in [5, 5.41) is 5.68. The van der Waals surface area contributed by atoms with Crippen LogP contribution < -0.4 is 20.1 Å². The molecule has 0 saturated heterocycles. The van der Waals surface area contributed by atoms with Crippen molar-refractivity contribution in [1.29, 1.82) is 0 Å². The monoisotopic (exact) mass is 356 g/mol. The summed E-state index contributed by atoms with van der Waals surface area (Å²) in [7, 11) is 3.14. The fourth-order valence-corrected chi connectivity index (χ4v) is 2.47. The summed E-state index contributed by atoms with van der Waals surface area (Å²) in [4.78, 5) is 24.0. The van der Waals surface area contributed by atoms with E-state index in [0.717, 1.165) is 11.1 Å². The molecule has 2 N–H and O–H groups in total. The first-order valence-electron chi connectivity index (χ1n) is 8.38. The molecule has 138 valence electrons. The average Bonchev–Trinajstić information content (AvgIpc) is 2.64. The largest absolute Gasteiger partial charge is 0.497 e. The summed E-state index contributed by atoms with van der Waals surface area (Å²) < 4.78 is 10.5. The van der Waals surface area contributed by atoms with Crippen LogP contribution >= 0.6 is 0 Å². The van der Waals surface area contributed by atoms with E-state index < -0.39 is 0 Å². The van der Waals surface area contributed by atoms with Gasteiger partial charge in [0.15, 0.2) is 0 Å². The number of hydrogen-bond donors (Lipinski definition) is 2. The quantitative estimate of drug-likeness (QED) is 0.795. The van der Waals surface area contributed by atoms with Crippen molar-refractivity contribution in [2.75, 3.05) is 24.9 Å². The van der Waals surface area contributed by atoms with Gasteiger partial charge in [-0.1, -0.05) is 13.0 Å². The number of nitrogens with one attached hydrogen (secondary N) is 2. The first-order chi connectivity index (χ1) is 12.5. The number of aryl methyl sites for hydroxylation is 1. The summed E-state index contributed by atoms with van der Waals surface area (Å²) >= 11 is 0. The van der Waals surface area contributed by atoms with E-state index in [-0.39, 0.29) is 18.2 Å². The van der Waals surface area contributed by atoms with Crippen LogP contribution in [0.5, 0.6) is 11.5 Å². The van der Waals surface area contributed by atoms with Crippen molar-refractivity contribution >= 4 is 23.2 Å². The first-order valence-corrected chi connectivity index (χ1v) is 8.38. The number of ether oxygens (including phenoxy) is 2. The van der Waals surface area contributed by atoms with Gasteiger partial charge in [0, 0.05) is 23.4 Å². The van der Waals surface area contributed by atoms with E-state index in [0.29, 0.717) is 29.3 Å². The second-order valence-corrected chi connectivity index (χ2v) is 5.83. The van der Waals surface area contributed by atoms with E-state index >= 15 is 0 Å². The van der Waals surface area contributed by atoms with Gasteiger partial charge in [-0.15, -0.1) is 0 Å². The summed E-state index contributed by atoms with van der Waals surface area (Å²) in [6.07, 6.45) is 0.538. The molecule has 0 aliphatic rings. The van der Waals surface area contributed by atoms with Crippen molar-refractivity contribution in [3.05, 3.63) is 47.5 Å². The van der Waals surface area contributed by atoms with Gasteiger partial charge in [-0.3, -0.25) is 9.59 Å². The minimum atomic E-state index is -0.182. The maximum atomic E-state index is 12.5. The molecule has 2 aromatic rings. The van der Waals surface area contributed by atoms with Crippen molar-refractivity contribution in [1.82, 2.24) is 0 Å². The lowest BCUT2D eigenvalue weighted by atomic mass is 10.1.